The van der Waals surface area contributed by atoms with Crippen molar-refractivity contribution in [3.63, 3.8) is 0 Å². The fourth-order valence-electron chi connectivity index (χ4n) is 8.93. The molecule has 3 nitrogen and oxygen atoms in total. The number of para-hydroxylation sites is 2. The zero-order chi connectivity index (χ0) is 36.7. The average Bonchev–Trinajstić information content (AvgIpc) is 3.82. The van der Waals surface area contributed by atoms with Gasteiger partial charge in [0.05, 0.1) is 22.2 Å². The SMILES string of the molecule is c1ccc(-c2ccc(-c3nc(-n4c5ccccc5c5c6cccc(-c7cccc8c7ccc7sc9ccccc9c78)c6ccc54)nc4ccccc34)cc2)cc1. The third-order valence-corrected chi connectivity index (χ3v) is 12.6. The van der Waals surface area contributed by atoms with Gasteiger partial charge in [-0.25, -0.2) is 9.97 Å². The Kier molecular flexibility index (Phi) is 6.80. The van der Waals surface area contributed by atoms with E-state index in [-0.39, 0.29) is 0 Å². The van der Waals surface area contributed by atoms with Crippen LogP contribution >= 0.6 is 11.3 Å². The summed E-state index contributed by atoms with van der Waals surface area (Å²) in [6, 6.07) is 67.8. The number of thiophene rings is 1. The van der Waals surface area contributed by atoms with E-state index in [9.17, 15) is 0 Å². The number of hydrogen-bond acceptors (Lipinski definition) is 3. The quantitative estimate of drug-likeness (QED) is 0.181. The van der Waals surface area contributed by atoms with Gasteiger partial charge in [0.2, 0.25) is 5.95 Å². The van der Waals surface area contributed by atoms with Crippen LogP contribution in [0.4, 0.5) is 0 Å². The van der Waals surface area contributed by atoms with Crippen LogP contribution in [0.3, 0.4) is 0 Å². The van der Waals surface area contributed by atoms with Gasteiger partial charge < -0.3 is 0 Å². The summed E-state index contributed by atoms with van der Waals surface area (Å²) in [5, 5.41) is 11.1. The Hall–Kier alpha value is -7.14. The molecule has 0 unspecified atom stereocenters. The Morgan fingerprint density at radius 1 is 0.339 bits per heavy atom. The molecule has 0 fully saturated rings. The monoisotopic (exact) mass is 729 g/mol. The zero-order valence-electron chi connectivity index (χ0n) is 30.1. The molecule has 12 rings (SSSR count). The van der Waals surface area contributed by atoms with Gasteiger partial charge >= 0.3 is 0 Å². The van der Waals surface area contributed by atoms with Gasteiger partial charge in [0, 0.05) is 41.9 Å². The average molecular weight is 730 g/mol. The number of fused-ring (bicyclic) bond motifs is 11. The Morgan fingerprint density at radius 3 is 1.75 bits per heavy atom. The van der Waals surface area contributed by atoms with Gasteiger partial charge in [-0.2, -0.15) is 0 Å². The molecule has 3 heterocycles. The van der Waals surface area contributed by atoms with Crippen LogP contribution in [0.2, 0.25) is 0 Å². The number of aromatic nitrogens is 3. The topological polar surface area (TPSA) is 30.7 Å². The Labute approximate surface area is 326 Å². The van der Waals surface area contributed by atoms with Crippen molar-refractivity contribution in [1.82, 2.24) is 14.5 Å². The van der Waals surface area contributed by atoms with E-state index in [0.717, 1.165) is 33.2 Å². The van der Waals surface area contributed by atoms with Crippen LogP contribution in [0.5, 0.6) is 0 Å². The fourth-order valence-corrected chi connectivity index (χ4v) is 10.0. The molecule has 0 saturated carbocycles. The summed E-state index contributed by atoms with van der Waals surface area (Å²) < 4.78 is 4.90. The first-order valence-electron chi connectivity index (χ1n) is 19.0. The fraction of sp³-hybridized carbons (Fsp3) is 0. The predicted molar refractivity (Wildman–Crippen MR) is 238 cm³/mol. The van der Waals surface area contributed by atoms with Crippen molar-refractivity contribution in [2.75, 3.05) is 0 Å². The summed E-state index contributed by atoms with van der Waals surface area (Å²) in [6.07, 6.45) is 0. The lowest BCUT2D eigenvalue weighted by Crippen LogP contribution is -2.03. The van der Waals surface area contributed by atoms with E-state index >= 15 is 0 Å². The summed E-state index contributed by atoms with van der Waals surface area (Å²) in [5.41, 5.74) is 9.91. The smallest absolute Gasteiger partial charge is 0.235 e. The highest BCUT2D eigenvalue weighted by Crippen LogP contribution is 2.44. The van der Waals surface area contributed by atoms with Crippen molar-refractivity contribution >= 4 is 85.8 Å². The van der Waals surface area contributed by atoms with E-state index in [1.807, 2.05) is 11.3 Å². The maximum absolute atomic E-state index is 5.39. The highest BCUT2D eigenvalue weighted by atomic mass is 32.1. The molecule has 0 aliphatic rings. The lowest BCUT2D eigenvalue weighted by molar-refractivity contribution is 1.01. The minimum atomic E-state index is 0.661. The van der Waals surface area contributed by atoms with Crippen LogP contribution in [0.25, 0.3) is 114 Å². The molecular formula is C52H31N3S. The van der Waals surface area contributed by atoms with Gasteiger partial charge in [-0.1, -0.05) is 158 Å². The molecule has 9 aromatic carbocycles. The molecular weight excluding hydrogens is 699 g/mol. The lowest BCUT2D eigenvalue weighted by Gasteiger charge is -2.13. The van der Waals surface area contributed by atoms with E-state index in [4.69, 9.17) is 9.97 Å². The van der Waals surface area contributed by atoms with Crippen LogP contribution in [0.1, 0.15) is 0 Å². The van der Waals surface area contributed by atoms with Crippen LogP contribution in [-0.2, 0) is 0 Å². The van der Waals surface area contributed by atoms with E-state index in [0.29, 0.717) is 5.95 Å². The van der Waals surface area contributed by atoms with E-state index < -0.39 is 0 Å². The van der Waals surface area contributed by atoms with Crippen molar-refractivity contribution in [3.8, 4) is 39.5 Å². The highest BCUT2D eigenvalue weighted by molar-refractivity contribution is 7.26. The van der Waals surface area contributed by atoms with Gasteiger partial charge in [0.1, 0.15) is 0 Å². The Morgan fingerprint density at radius 2 is 0.946 bits per heavy atom. The molecule has 0 amide bonds. The van der Waals surface area contributed by atoms with Crippen LogP contribution in [0, 0.1) is 0 Å². The molecule has 4 heteroatoms. The van der Waals surface area contributed by atoms with Crippen LogP contribution in [0.15, 0.2) is 188 Å². The standard InChI is InChI=1S/C52H31N3S/c1-2-12-32(13-3-1)33-24-26-34(27-25-33)51-41-14-4-7-21-44(41)53-52(54-51)55-45-22-8-5-15-42(45)49-39-19-10-17-35(37(39)28-30-46(49)55)36-18-11-20-40-38(36)29-31-48-50(40)43-16-6-9-23-47(43)56-48/h1-31H. The number of nitrogens with zero attached hydrogens (tertiary/aromatic N) is 3. The highest BCUT2D eigenvalue weighted by Gasteiger charge is 2.20. The van der Waals surface area contributed by atoms with Gasteiger partial charge in [-0.15, -0.1) is 11.3 Å². The predicted octanol–water partition coefficient (Wildman–Crippen LogP) is 14.4. The van der Waals surface area contributed by atoms with E-state index in [2.05, 4.69) is 193 Å². The molecule has 56 heavy (non-hydrogen) atoms. The third kappa shape index (κ3) is 4.63. The van der Waals surface area contributed by atoms with Crippen LogP contribution in [-0.4, -0.2) is 14.5 Å². The third-order valence-electron chi connectivity index (χ3n) is 11.4. The molecule has 3 aromatic heterocycles. The van der Waals surface area contributed by atoms with Crippen molar-refractivity contribution in [1.29, 1.82) is 0 Å². The van der Waals surface area contributed by atoms with Gasteiger partial charge in [-0.3, -0.25) is 4.57 Å². The van der Waals surface area contributed by atoms with Crippen molar-refractivity contribution in [3.05, 3.63) is 188 Å². The Balaban J connectivity index is 1.08. The molecule has 0 N–H and O–H groups in total. The molecule has 0 aliphatic carbocycles. The summed E-state index contributed by atoms with van der Waals surface area (Å²) >= 11 is 1.87. The van der Waals surface area contributed by atoms with Crippen LogP contribution < -0.4 is 0 Å². The van der Waals surface area contributed by atoms with Gasteiger partial charge in [0.25, 0.3) is 0 Å². The molecule has 0 atom stereocenters. The maximum Gasteiger partial charge on any atom is 0.235 e. The van der Waals surface area contributed by atoms with E-state index in [1.165, 1.54) is 74.7 Å². The minimum absolute atomic E-state index is 0.661. The molecule has 260 valence electrons. The van der Waals surface area contributed by atoms with Gasteiger partial charge in [-0.05, 0) is 74.1 Å². The number of benzene rings is 9. The molecule has 0 spiro atoms. The zero-order valence-corrected chi connectivity index (χ0v) is 31.0. The minimum Gasteiger partial charge on any atom is -0.278 e. The molecule has 0 saturated heterocycles. The second-order valence-electron chi connectivity index (χ2n) is 14.5. The number of rotatable bonds is 4. The van der Waals surface area contributed by atoms with Crippen molar-refractivity contribution < 1.29 is 0 Å². The summed E-state index contributed by atoms with van der Waals surface area (Å²) in [6.45, 7) is 0. The number of hydrogen-bond donors (Lipinski definition) is 0. The van der Waals surface area contributed by atoms with Crippen molar-refractivity contribution in [2.24, 2.45) is 0 Å². The van der Waals surface area contributed by atoms with E-state index in [1.54, 1.807) is 0 Å². The molecule has 0 bridgehead atoms. The second kappa shape index (κ2) is 12.2. The first kappa shape index (κ1) is 31.2. The first-order chi connectivity index (χ1) is 27.8. The van der Waals surface area contributed by atoms with Crippen molar-refractivity contribution in [2.45, 2.75) is 0 Å². The first-order valence-corrected chi connectivity index (χ1v) is 19.8. The van der Waals surface area contributed by atoms with Gasteiger partial charge in [0.15, 0.2) is 0 Å². The molecule has 0 radical (unpaired) electrons. The lowest BCUT2D eigenvalue weighted by atomic mass is 9.91. The Bertz CT molecular complexity index is 3520. The second-order valence-corrected chi connectivity index (χ2v) is 15.6. The maximum atomic E-state index is 5.39. The summed E-state index contributed by atoms with van der Waals surface area (Å²) in [5.74, 6) is 0.661. The summed E-state index contributed by atoms with van der Waals surface area (Å²) in [7, 11) is 0. The molecule has 12 aromatic rings. The summed E-state index contributed by atoms with van der Waals surface area (Å²) in [4.78, 5) is 10.6. The normalized spacial score (nSPS) is 11.9. The molecule has 0 aliphatic heterocycles. The largest absolute Gasteiger partial charge is 0.278 e.